The fraction of sp³-hybridized carbons (Fsp3) is 0.250. The van der Waals surface area contributed by atoms with E-state index in [-0.39, 0.29) is 5.91 Å². The van der Waals surface area contributed by atoms with Gasteiger partial charge in [-0.25, -0.2) is 0 Å². The molecule has 0 spiro atoms. The average Bonchev–Trinajstić information content (AvgIpc) is 3.16. The van der Waals surface area contributed by atoms with E-state index in [4.69, 9.17) is 0 Å². The molecule has 5 rings (SSSR count). The lowest BCUT2D eigenvalue weighted by atomic mass is 9.78. The molecule has 1 atom stereocenters. The first-order chi connectivity index (χ1) is 13.6. The lowest BCUT2D eigenvalue weighted by molar-refractivity contribution is -0.118. The average molecular weight is 370 g/mol. The zero-order chi connectivity index (χ0) is 19.3. The molecule has 0 bridgehead atoms. The van der Waals surface area contributed by atoms with Gasteiger partial charge in [0, 0.05) is 25.4 Å². The number of aliphatic hydroxyl groups is 1. The number of rotatable bonds is 3. The van der Waals surface area contributed by atoms with Gasteiger partial charge in [-0.3, -0.25) is 9.78 Å². The van der Waals surface area contributed by atoms with Crippen molar-refractivity contribution in [2.45, 2.75) is 31.8 Å². The molecule has 0 saturated carbocycles. The smallest absolute Gasteiger partial charge is 0.227 e. The largest absolute Gasteiger partial charge is 0.376 e. The van der Waals surface area contributed by atoms with Crippen LogP contribution in [-0.2, 0) is 23.2 Å². The lowest BCUT2D eigenvalue weighted by Gasteiger charge is -2.33. The summed E-state index contributed by atoms with van der Waals surface area (Å²) < 4.78 is 0. The zero-order valence-electron chi connectivity index (χ0n) is 15.9. The lowest BCUT2D eigenvalue weighted by Crippen LogP contribution is -2.33. The minimum Gasteiger partial charge on any atom is -0.376 e. The van der Waals surface area contributed by atoms with E-state index in [0.29, 0.717) is 6.42 Å². The fourth-order valence-electron chi connectivity index (χ4n) is 4.63. The maximum Gasteiger partial charge on any atom is 0.227 e. The number of benzene rings is 2. The first-order valence-electron chi connectivity index (χ1n) is 9.74. The number of aryl methyl sites for hydroxylation is 2. The number of anilines is 1. The maximum absolute atomic E-state index is 12.3. The second-order valence-corrected chi connectivity index (χ2v) is 7.75. The normalized spacial score (nSPS) is 17.4. The van der Waals surface area contributed by atoms with Crippen LogP contribution in [0.25, 0.3) is 0 Å². The monoisotopic (exact) mass is 370 g/mol. The Labute approximate surface area is 164 Å². The van der Waals surface area contributed by atoms with Gasteiger partial charge in [0.15, 0.2) is 0 Å². The van der Waals surface area contributed by atoms with E-state index in [1.54, 1.807) is 12.4 Å². The van der Waals surface area contributed by atoms with Crippen LogP contribution in [0, 0.1) is 6.92 Å². The minimum absolute atomic E-state index is 0.210. The first-order valence-corrected chi connectivity index (χ1v) is 9.74. The van der Waals surface area contributed by atoms with Gasteiger partial charge in [-0.2, -0.15) is 0 Å². The van der Waals surface area contributed by atoms with E-state index in [2.05, 4.69) is 17.1 Å². The van der Waals surface area contributed by atoms with E-state index in [1.807, 2.05) is 48.2 Å². The molecule has 4 heteroatoms. The van der Waals surface area contributed by atoms with Crippen molar-refractivity contribution >= 4 is 11.6 Å². The van der Waals surface area contributed by atoms with Crippen molar-refractivity contribution in [2.75, 3.05) is 11.4 Å². The van der Waals surface area contributed by atoms with Crippen molar-refractivity contribution in [3.8, 4) is 0 Å². The summed E-state index contributed by atoms with van der Waals surface area (Å²) in [5, 5.41) is 12.1. The van der Waals surface area contributed by atoms with Crippen LogP contribution in [0.15, 0.2) is 60.9 Å². The third-order valence-electron chi connectivity index (χ3n) is 6.00. The Bertz CT molecular complexity index is 1080. The SMILES string of the molecule is Cc1cccc(C(O)(c2ccncc2)c2cc3c4c(c2)CCN4C(=O)CC3)c1. The van der Waals surface area contributed by atoms with Gasteiger partial charge < -0.3 is 10.0 Å². The van der Waals surface area contributed by atoms with Gasteiger partial charge in [0.2, 0.25) is 5.91 Å². The Morgan fingerprint density at radius 1 is 0.929 bits per heavy atom. The molecule has 0 fully saturated rings. The van der Waals surface area contributed by atoms with Crippen molar-refractivity contribution < 1.29 is 9.90 Å². The molecule has 2 aromatic carbocycles. The molecular formula is C24H22N2O2. The number of hydrogen-bond donors (Lipinski definition) is 1. The van der Waals surface area contributed by atoms with Crippen LogP contribution in [-0.4, -0.2) is 22.5 Å². The summed E-state index contributed by atoms with van der Waals surface area (Å²) >= 11 is 0. The summed E-state index contributed by atoms with van der Waals surface area (Å²) in [5.41, 5.74) is 5.70. The summed E-state index contributed by atoms with van der Waals surface area (Å²) in [6.45, 7) is 2.77. The van der Waals surface area contributed by atoms with Crippen LogP contribution in [0.5, 0.6) is 0 Å². The molecule has 1 N–H and O–H groups in total. The van der Waals surface area contributed by atoms with E-state index in [0.717, 1.165) is 58.5 Å². The van der Waals surface area contributed by atoms with Crippen LogP contribution in [0.1, 0.15) is 39.8 Å². The maximum atomic E-state index is 12.3. The molecular weight excluding hydrogens is 348 g/mol. The third kappa shape index (κ3) is 2.49. The van der Waals surface area contributed by atoms with Crippen molar-refractivity contribution in [2.24, 2.45) is 0 Å². The van der Waals surface area contributed by atoms with Crippen LogP contribution in [0.3, 0.4) is 0 Å². The summed E-state index contributed by atoms with van der Waals surface area (Å²) in [6.07, 6.45) is 5.53. The summed E-state index contributed by atoms with van der Waals surface area (Å²) in [5.74, 6) is 0.210. The highest BCUT2D eigenvalue weighted by Gasteiger charge is 2.38. The van der Waals surface area contributed by atoms with Crippen molar-refractivity contribution in [1.82, 2.24) is 4.98 Å². The molecule has 1 amide bonds. The Hall–Kier alpha value is -2.98. The molecule has 1 unspecified atom stereocenters. The van der Waals surface area contributed by atoms with Gasteiger partial charge in [-0.1, -0.05) is 42.0 Å². The number of hydrogen-bond acceptors (Lipinski definition) is 3. The molecule has 0 aliphatic carbocycles. The molecule has 28 heavy (non-hydrogen) atoms. The van der Waals surface area contributed by atoms with E-state index in [1.165, 1.54) is 0 Å². The molecule has 4 nitrogen and oxygen atoms in total. The molecule has 3 heterocycles. The molecule has 3 aromatic rings. The summed E-state index contributed by atoms with van der Waals surface area (Å²) in [7, 11) is 0. The topological polar surface area (TPSA) is 53.4 Å². The zero-order valence-corrected chi connectivity index (χ0v) is 15.9. The highest BCUT2D eigenvalue weighted by molar-refractivity contribution is 5.98. The molecule has 2 aliphatic heterocycles. The van der Waals surface area contributed by atoms with Crippen LogP contribution < -0.4 is 4.90 Å². The highest BCUT2D eigenvalue weighted by atomic mass is 16.3. The first kappa shape index (κ1) is 17.1. The van der Waals surface area contributed by atoms with Gasteiger partial charge in [-0.05, 0) is 59.7 Å². The quantitative estimate of drug-likeness (QED) is 0.768. The van der Waals surface area contributed by atoms with Gasteiger partial charge in [0.05, 0.1) is 5.69 Å². The second-order valence-electron chi connectivity index (χ2n) is 7.75. The van der Waals surface area contributed by atoms with Crippen molar-refractivity contribution in [3.05, 3.63) is 94.3 Å². The van der Waals surface area contributed by atoms with E-state index < -0.39 is 5.60 Å². The van der Waals surface area contributed by atoms with E-state index in [9.17, 15) is 9.90 Å². The third-order valence-corrected chi connectivity index (χ3v) is 6.00. The van der Waals surface area contributed by atoms with Crippen molar-refractivity contribution in [3.63, 3.8) is 0 Å². The predicted molar refractivity (Wildman–Crippen MR) is 108 cm³/mol. The summed E-state index contributed by atoms with van der Waals surface area (Å²) in [4.78, 5) is 18.3. The Balaban J connectivity index is 1.75. The number of amides is 1. The Morgan fingerprint density at radius 2 is 1.68 bits per heavy atom. The second kappa shape index (κ2) is 6.28. The Morgan fingerprint density at radius 3 is 2.43 bits per heavy atom. The minimum atomic E-state index is -1.27. The Kier molecular flexibility index (Phi) is 3.84. The molecule has 0 saturated heterocycles. The molecule has 140 valence electrons. The molecule has 0 radical (unpaired) electrons. The van der Waals surface area contributed by atoms with Crippen LogP contribution in [0.2, 0.25) is 0 Å². The standard InChI is InChI=1S/C24H22N2O2/c1-16-3-2-4-20(13-16)24(28,19-7-10-25-11-8-19)21-14-17-5-6-22(27)26-12-9-18(15-21)23(17)26/h2-4,7-8,10-11,13-15,28H,5-6,9,12H2,1H3. The fourth-order valence-corrected chi connectivity index (χ4v) is 4.63. The van der Waals surface area contributed by atoms with Crippen LogP contribution >= 0.6 is 0 Å². The molecule has 1 aromatic heterocycles. The van der Waals surface area contributed by atoms with Crippen molar-refractivity contribution in [1.29, 1.82) is 0 Å². The van der Waals surface area contributed by atoms with Gasteiger partial charge >= 0.3 is 0 Å². The number of pyridine rings is 1. The van der Waals surface area contributed by atoms with Gasteiger partial charge in [-0.15, -0.1) is 0 Å². The number of carbonyl (C=O) groups excluding carboxylic acids is 1. The number of carbonyl (C=O) groups is 1. The van der Waals surface area contributed by atoms with Crippen LogP contribution in [0.4, 0.5) is 5.69 Å². The predicted octanol–water partition coefficient (Wildman–Crippen LogP) is 3.51. The molecule has 2 aliphatic rings. The van der Waals surface area contributed by atoms with Gasteiger partial charge in [0.25, 0.3) is 0 Å². The highest BCUT2D eigenvalue weighted by Crippen LogP contribution is 2.43. The van der Waals surface area contributed by atoms with E-state index >= 15 is 0 Å². The summed E-state index contributed by atoms with van der Waals surface area (Å²) in [6, 6.07) is 15.9. The van der Waals surface area contributed by atoms with Gasteiger partial charge in [0.1, 0.15) is 5.60 Å². The number of nitrogens with zero attached hydrogens (tertiary/aromatic N) is 2. The number of aromatic nitrogens is 1.